The van der Waals surface area contributed by atoms with Crippen LogP contribution in [0.25, 0.3) is 0 Å². The van der Waals surface area contributed by atoms with Crippen LogP contribution >= 0.6 is 0 Å². The fourth-order valence-electron chi connectivity index (χ4n) is 1.72. The van der Waals surface area contributed by atoms with E-state index in [-0.39, 0.29) is 12.2 Å². The molecule has 0 atom stereocenters. The molecule has 0 aliphatic carbocycles. The second kappa shape index (κ2) is 9.62. The van der Waals surface area contributed by atoms with Gasteiger partial charge in [0.15, 0.2) is 5.92 Å². The quantitative estimate of drug-likeness (QED) is 0.439. The van der Waals surface area contributed by atoms with Crippen LogP contribution in [0.3, 0.4) is 0 Å². The molecule has 5 nitrogen and oxygen atoms in total. The molecule has 0 heterocycles. The van der Waals surface area contributed by atoms with Crippen LogP contribution in [0.15, 0.2) is 0 Å². The maximum atomic E-state index is 11.4. The van der Waals surface area contributed by atoms with Crippen molar-refractivity contribution in [3.8, 4) is 0 Å². The Morgan fingerprint density at radius 3 is 1.83 bits per heavy atom. The molecule has 0 radical (unpaired) electrons. The summed E-state index contributed by atoms with van der Waals surface area (Å²) >= 11 is 0. The van der Waals surface area contributed by atoms with Crippen LogP contribution in [0.1, 0.15) is 58.3 Å². The molecular formula is C13H22O5. The van der Waals surface area contributed by atoms with Crippen molar-refractivity contribution in [2.24, 2.45) is 5.92 Å². The van der Waals surface area contributed by atoms with Crippen molar-refractivity contribution >= 4 is 17.7 Å². The molecule has 0 bridgehead atoms. The minimum Gasteiger partial charge on any atom is -0.481 e. The molecule has 0 spiro atoms. The Kier molecular flexibility index (Phi) is 8.88. The van der Waals surface area contributed by atoms with Gasteiger partial charge in [0, 0.05) is 12.8 Å². The summed E-state index contributed by atoms with van der Waals surface area (Å²) in [4.78, 5) is 32.6. The van der Waals surface area contributed by atoms with Crippen molar-refractivity contribution in [3.05, 3.63) is 0 Å². The second-order valence-corrected chi connectivity index (χ2v) is 4.47. The standard InChI is InChI=1S/C13H22O5/c1-2-3-4-7-10(14)8-5-6-9-11(12(15)16)13(17)18/h11H,2-9H2,1H3,(H,15,16)(H,17,18). The molecule has 0 unspecified atom stereocenters. The van der Waals surface area contributed by atoms with E-state index in [1.165, 1.54) is 0 Å². The molecule has 0 saturated heterocycles. The maximum Gasteiger partial charge on any atom is 0.317 e. The zero-order valence-electron chi connectivity index (χ0n) is 10.9. The van der Waals surface area contributed by atoms with Gasteiger partial charge in [-0.2, -0.15) is 0 Å². The molecule has 18 heavy (non-hydrogen) atoms. The molecule has 0 aromatic heterocycles. The highest BCUT2D eigenvalue weighted by molar-refractivity contribution is 5.92. The van der Waals surface area contributed by atoms with Crippen LogP contribution < -0.4 is 0 Å². The number of Topliss-reactive ketones (excluding diaryl/α,β-unsaturated/α-hetero) is 1. The van der Waals surface area contributed by atoms with Crippen molar-refractivity contribution < 1.29 is 24.6 Å². The van der Waals surface area contributed by atoms with Gasteiger partial charge in [0.25, 0.3) is 0 Å². The van der Waals surface area contributed by atoms with Crippen molar-refractivity contribution in [3.63, 3.8) is 0 Å². The Labute approximate surface area is 107 Å². The summed E-state index contributed by atoms with van der Waals surface area (Å²) in [5, 5.41) is 17.3. The third-order valence-electron chi connectivity index (χ3n) is 2.85. The number of hydrogen-bond donors (Lipinski definition) is 2. The molecule has 5 heteroatoms. The zero-order chi connectivity index (χ0) is 14.0. The average molecular weight is 258 g/mol. The van der Waals surface area contributed by atoms with Crippen molar-refractivity contribution in [1.82, 2.24) is 0 Å². The second-order valence-electron chi connectivity index (χ2n) is 4.47. The highest BCUT2D eigenvalue weighted by Gasteiger charge is 2.24. The van der Waals surface area contributed by atoms with E-state index in [1.807, 2.05) is 0 Å². The predicted octanol–water partition coefficient (Wildman–Crippen LogP) is 2.48. The molecule has 0 saturated carbocycles. The van der Waals surface area contributed by atoms with E-state index in [4.69, 9.17) is 10.2 Å². The van der Waals surface area contributed by atoms with Crippen LogP contribution in [-0.4, -0.2) is 27.9 Å². The van der Waals surface area contributed by atoms with E-state index in [9.17, 15) is 14.4 Å². The first kappa shape index (κ1) is 16.6. The summed E-state index contributed by atoms with van der Waals surface area (Å²) in [6.45, 7) is 2.07. The lowest BCUT2D eigenvalue weighted by Gasteiger charge is -2.06. The monoisotopic (exact) mass is 258 g/mol. The largest absolute Gasteiger partial charge is 0.481 e. The van der Waals surface area contributed by atoms with Gasteiger partial charge in [-0.3, -0.25) is 14.4 Å². The van der Waals surface area contributed by atoms with Crippen molar-refractivity contribution in [2.45, 2.75) is 58.3 Å². The van der Waals surface area contributed by atoms with Crippen LogP contribution in [0, 0.1) is 5.92 Å². The third kappa shape index (κ3) is 7.81. The van der Waals surface area contributed by atoms with Gasteiger partial charge in [-0.1, -0.05) is 26.2 Å². The Hall–Kier alpha value is -1.39. The number of carboxylic acids is 2. The topological polar surface area (TPSA) is 91.7 Å². The number of rotatable bonds is 11. The number of hydrogen-bond acceptors (Lipinski definition) is 3. The Morgan fingerprint density at radius 2 is 1.39 bits per heavy atom. The normalized spacial score (nSPS) is 10.6. The van der Waals surface area contributed by atoms with Gasteiger partial charge in [-0.25, -0.2) is 0 Å². The molecule has 0 aromatic rings. The minimum absolute atomic E-state index is 0.0902. The van der Waals surface area contributed by atoms with E-state index in [1.54, 1.807) is 0 Å². The lowest BCUT2D eigenvalue weighted by atomic mass is 10.00. The zero-order valence-corrected chi connectivity index (χ0v) is 10.9. The van der Waals surface area contributed by atoms with Crippen LogP contribution in [0.5, 0.6) is 0 Å². The third-order valence-corrected chi connectivity index (χ3v) is 2.85. The van der Waals surface area contributed by atoms with E-state index in [0.29, 0.717) is 25.7 Å². The van der Waals surface area contributed by atoms with Crippen LogP contribution in [-0.2, 0) is 14.4 Å². The van der Waals surface area contributed by atoms with Gasteiger partial charge in [0.2, 0.25) is 0 Å². The molecule has 0 fully saturated rings. The summed E-state index contributed by atoms with van der Waals surface area (Å²) in [6, 6.07) is 0. The average Bonchev–Trinajstić information content (AvgIpc) is 2.28. The summed E-state index contributed by atoms with van der Waals surface area (Å²) in [5.41, 5.74) is 0. The number of carbonyl (C=O) groups excluding carboxylic acids is 1. The van der Waals surface area contributed by atoms with Crippen LogP contribution in [0.2, 0.25) is 0 Å². The molecule has 0 aliphatic heterocycles. The fourth-order valence-corrected chi connectivity index (χ4v) is 1.72. The van der Waals surface area contributed by atoms with Gasteiger partial charge in [-0.05, 0) is 19.3 Å². The maximum absolute atomic E-state index is 11.4. The predicted molar refractivity (Wildman–Crippen MR) is 66.4 cm³/mol. The summed E-state index contributed by atoms with van der Waals surface area (Å²) < 4.78 is 0. The van der Waals surface area contributed by atoms with Gasteiger partial charge < -0.3 is 10.2 Å². The molecule has 0 amide bonds. The lowest BCUT2D eigenvalue weighted by molar-refractivity contribution is -0.154. The van der Waals surface area contributed by atoms with Gasteiger partial charge in [0.1, 0.15) is 5.78 Å². The SMILES string of the molecule is CCCCCC(=O)CCCCC(C(=O)O)C(=O)O. The van der Waals surface area contributed by atoms with Gasteiger partial charge in [-0.15, -0.1) is 0 Å². The summed E-state index contributed by atoms with van der Waals surface area (Å²) in [5.74, 6) is -3.78. The minimum atomic E-state index is -1.35. The van der Waals surface area contributed by atoms with E-state index in [2.05, 4.69) is 6.92 Å². The molecular weight excluding hydrogens is 236 g/mol. The number of aliphatic carboxylic acids is 2. The first-order valence-corrected chi connectivity index (χ1v) is 6.46. The molecule has 0 rings (SSSR count). The summed E-state index contributed by atoms with van der Waals surface area (Å²) in [6.07, 6.45) is 5.16. The number of carbonyl (C=O) groups is 3. The Balaban J connectivity index is 3.68. The fraction of sp³-hybridized carbons (Fsp3) is 0.769. The summed E-state index contributed by atoms with van der Waals surface area (Å²) in [7, 11) is 0. The molecule has 0 aromatic carbocycles. The van der Waals surface area contributed by atoms with E-state index < -0.39 is 17.9 Å². The van der Waals surface area contributed by atoms with Crippen molar-refractivity contribution in [2.75, 3.05) is 0 Å². The first-order valence-electron chi connectivity index (χ1n) is 6.46. The van der Waals surface area contributed by atoms with Crippen molar-refractivity contribution in [1.29, 1.82) is 0 Å². The molecule has 104 valence electrons. The Morgan fingerprint density at radius 1 is 0.889 bits per heavy atom. The lowest BCUT2D eigenvalue weighted by Crippen LogP contribution is -2.23. The first-order chi connectivity index (χ1) is 8.49. The molecule has 0 aliphatic rings. The van der Waals surface area contributed by atoms with E-state index in [0.717, 1.165) is 19.3 Å². The number of unbranched alkanes of at least 4 members (excludes halogenated alkanes) is 3. The molecule has 2 N–H and O–H groups in total. The van der Waals surface area contributed by atoms with Crippen LogP contribution in [0.4, 0.5) is 0 Å². The highest BCUT2D eigenvalue weighted by Crippen LogP contribution is 2.12. The van der Waals surface area contributed by atoms with E-state index >= 15 is 0 Å². The highest BCUT2D eigenvalue weighted by atomic mass is 16.4. The smallest absolute Gasteiger partial charge is 0.317 e. The Bertz CT molecular complexity index is 271. The number of carboxylic acid groups (broad SMARTS) is 2. The van der Waals surface area contributed by atoms with Gasteiger partial charge >= 0.3 is 11.9 Å². The number of ketones is 1. The van der Waals surface area contributed by atoms with Gasteiger partial charge in [0.05, 0.1) is 0 Å².